The molecule has 1 heterocycles. The van der Waals surface area contributed by atoms with Gasteiger partial charge in [-0.05, 0) is 25.3 Å². The number of nitrogens with one attached hydrogen (secondary N) is 2. The number of rotatable bonds is 5. The standard InChI is InChI=1S/C19H24N4O2/c1-14-7-6-8-15(13-14)19(10-4-3-5-11-19)17(24)22-23-18-20-12-9-16(21-18)25-2/h6-9,12-13H,3-5,10-11H2,1-2H3,(H,22,24)(H,20,21,23). The van der Waals surface area contributed by atoms with Gasteiger partial charge in [-0.2, -0.15) is 4.98 Å². The maximum atomic E-state index is 13.1. The molecule has 0 aliphatic heterocycles. The highest BCUT2D eigenvalue weighted by Gasteiger charge is 2.41. The van der Waals surface area contributed by atoms with Crippen molar-refractivity contribution in [3.8, 4) is 5.88 Å². The van der Waals surface area contributed by atoms with Gasteiger partial charge in [-0.15, -0.1) is 0 Å². The highest BCUT2D eigenvalue weighted by Crippen LogP contribution is 2.40. The molecule has 25 heavy (non-hydrogen) atoms. The smallest absolute Gasteiger partial charge is 0.249 e. The van der Waals surface area contributed by atoms with Crippen LogP contribution in [0.1, 0.15) is 43.2 Å². The Hall–Kier alpha value is -2.63. The van der Waals surface area contributed by atoms with Crippen LogP contribution < -0.4 is 15.6 Å². The van der Waals surface area contributed by atoms with Crippen molar-refractivity contribution >= 4 is 11.9 Å². The Kier molecular flexibility index (Phi) is 5.16. The predicted octanol–water partition coefficient (Wildman–Crippen LogP) is 3.14. The molecule has 1 aliphatic rings. The van der Waals surface area contributed by atoms with Gasteiger partial charge in [-0.3, -0.25) is 15.6 Å². The number of carbonyl (C=O) groups is 1. The van der Waals surface area contributed by atoms with Gasteiger partial charge in [0.15, 0.2) is 0 Å². The van der Waals surface area contributed by atoms with Crippen LogP contribution in [-0.2, 0) is 10.2 Å². The SMILES string of the molecule is COc1ccnc(NNC(=O)C2(c3cccc(C)c3)CCCCC2)n1. The fourth-order valence-electron chi connectivity index (χ4n) is 3.49. The summed E-state index contributed by atoms with van der Waals surface area (Å²) in [5.41, 5.74) is 7.38. The van der Waals surface area contributed by atoms with Crippen molar-refractivity contribution in [3.63, 3.8) is 0 Å². The Morgan fingerprint density at radius 2 is 2.00 bits per heavy atom. The molecule has 1 fully saturated rings. The number of benzene rings is 1. The lowest BCUT2D eigenvalue weighted by atomic mass is 9.68. The van der Waals surface area contributed by atoms with Crippen molar-refractivity contribution < 1.29 is 9.53 Å². The van der Waals surface area contributed by atoms with Gasteiger partial charge < -0.3 is 4.74 Å². The minimum absolute atomic E-state index is 0.0378. The Labute approximate surface area is 148 Å². The van der Waals surface area contributed by atoms with E-state index in [2.05, 4.69) is 45.9 Å². The van der Waals surface area contributed by atoms with Gasteiger partial charge in [-0.25, -0.2) is 4.98 Å². The van der Waals surface area contributed by atoms with E-state index in [9.17, 15) is 4.79 Å². The predicted molar refractivity (Wildman–Crippen MR) is 96.3 cm³/mol. The number of aromatic nitrogens is 2. The third-order valence-electron chi connectivity index (χ3n) is 4.84. The molecule has 3 rings (SSSR count). The molecule has 1 saturated carbocycles. The largest absolute Gasteiger partial charge is 0.481 e. The highest BCUT2D eigenvalue weighted by molar-refractivity contribution is 5.89. The molecule has 2 aromatic rings. The first-order valence-corrected chi connectivity index (χ1v) is 8.65. The summed E-state index contributed by atoms with van der Waals surface area (Å²) in [6, 6.07) is 9.91. The van der Waals surface area contributed by atoms with E-state index >= 15 is 0 Å². The summed E-state index contributed by atoms with van der Waals surface area (Å²) in [7, 11) is 1.54. The van der Waals surface area contributed by atoms with Crippen LogP contribution in [0.4, 0.5) is 5.95 Å². The average Bonchev–Trinajstić information content (AvgIpc) is 2.66. The summed E-state index contributed by atoms with van der Waals surface area (Å²) in [5, 5.41) is 0. The van der Waals surface area contributed by atoms with Crippen molar-refractivity contribution in [1.82, 2.24) is 15.4 Å². The molecule has 0 spiro atoms. The molecule has 1 aliphatic carbocycles. The molecule has 132 valence electrons. The van der Waals surface area contributed by atoms with Crippen molar-refractivity contribution in [2.24, 2.45) is 0 Å². The third kappa shape index (κ3) is 3.73. The third-order valence-corrected chi connectivity index (χ3v) is 4.84. The quantitative estimate of drug-likeness (QED) is 0.818. The second-order valence-electron chi connectivity index (χ2n) is 6.51. The van der Waals surface area contributed by atoms with Crippen molar-refractivity contribution in [3.05, 3.63) is 47.7 Å². The van der Waals surface area contributed by atoms with E-state index in [1.807, 2.05) is 6.07 Å². The first-order chi connectivity index (χ1) is 12.1. The summed E-state index contributed by atoms with van der Waals surface area (Å²) in [4.78, 5) is 21.4. The first-order valence-electron chi connectivity index (χ1n) is 8.65. The summed E-state index contributed by atoms with van der Waals surface area (Å²) in [6.07, 6.45) is 6.56. The summed E-state index contributed by atoms with van der Waals surface area (Å²) < 4.78 is 5.08. The Bertz CT molecular complexity index is 742. The van der Waals surface area contributed by atoms with Gasteiger partial charge in [0.1, 0.15) is 0 Å². The van der Waals surface area contributed by atoms with Gasteiger partial charge in [-0.1, -0.05) is 49.1 Å². The summed E-state index contributed by atoms with van der Waals surface area (Å²) >= 11 is 0. The lowest BCUT2D eigenvalue weighted by Gasteiger charge is -2.36. The van der Waals surface area contributed by atoms with Gasteiger partial charge >= 0.3 is 0 Å². The van der Waals surface area contributed by atoms with E-state index in [4.69, 9.17) is 4.74 Å². The molecule has 0 unspecified atom stereocenters. The molecule has 1 aromatic carbocycles. The lowest BCUT2D eigenvalue weighted by Crippen LogP contribution is -2.48. The number of ether oxygens (including phenoxy) is 1. The second kappa shape index (κ2) is 7.51. The zero-order valence-corrected chi connectivity index (χ0v) is 14.7. The van der Waals surface area contributed by atoms with Crippen LogP contribution in [-0.4, -0.2) is 23.0 Å². The number of amides is 1. The van der Waals surface area contributed by atoms with Crippen molar-refractivity contribution in [1.29, 1.82) is 0 Å². The van der Waals surface area contributed by atoms with Crippen molar-refractivity contribution in [2.45, 2.75) is 44.4 Å². The van der Waals surface area contributed by atoms with Crippen molar-refractivity contribution in [2.75, 3.05) is 12.5 Å². The molecule has 0 saturated heterocycles. The molecule has 1 aromatic heterocycles. The molecule has 0 radical (unpaired) electrons. The van der Waals surface area contributed by atoms with E-state index in [0.29, 0.717) is 11.8 Å². The van der Waals surface area contributed by atoms with E-state index < -0.39 is 5.41 Å². The fourth-order valence-corrected chi connectivity index (χ4v) is 3.49. The molecule has 1 amide bonds. The van der Waals surface area contributed by atoms with Crippen LogP contribution in [0.25, 0.3) is 0 Å². The molecule has 6 nitrogen and oxygen atoms in total. The Morgan fingerprint density at radius 1 is 1.20 bits per heavy atom. The number of anilines is 1. The number of carbonyl (C=O) groups excluding carboxylic acids is 1. The molecule has 0 bridgehead atoms. The molecular weight excluding hydrogens is 316 g/mol. The van der Waals surface area contributed by atoms with Gasteiger partial charge in [0.2, 0.25) is 17.7 Å². The maximum Gasteiger partial charge on any atom is 0.249 e. The first kappa shape index (κ1) is 17.2. The molecular formula is C19H24N4O2. The Balaban J connectivity index is 1.80. The summed E-state index contributed by atoms with van der Waals surface area (Å²) in [6.45, 7) is 2.06. The Morgan fingerprint density at radius 3 is 2.72 bits per heavy atom. The summed E-state index contributed by atoms with van der Waals surface area (Å²) in [5.74, 6) is 0.713. The van der Waals surface area contributed by atoms with Crippen LogP contribution in [0.3, 0.4) is 0 Å². The fraction of sp³-hybridized carbons (Fsp3) is 0.421. The van der Waals surface area contributed by atoms with E-state index in [1.54, 1.807) is 19.4 Å². The zero-order valence-electron chi connectivity index (χ0n) is 14.7. The van der Waals surface area contributed by atoms with Crippen LogP contribution in [0.2, 0.25) is 0 Å². The minimum atomic E-state index is -0.504. The molecule has 0 atom stereocenters. The van der Waals surface area contributed by atoms with Crippen LogP contribution in [0.5, 0.6) is 5.88 Å². The van der Waals surface area contributed by atoms with E-state index in [1.165, 1.54) is 12.0 Å². The topological polar surface area (TPSA) is 76.1 Å². The number of hydrogen-bond acceptors (Lipinski definition) is 5. The number of nitrogens with zero attached hydrogens (tertiary/aromatic N) is 2. The number of aryl methyl sites for hydroxylation is 1. The van der Waals surface area contributed by atoms with Crippen LogP contribution >= 0.6 is 0 Å². The number of methoxy groups -OCH3 is 1. The number of hydrogen-bond donors (Lipinski definition) is 2. The van der Waals surface area contributed by atoms with Gasteiger partial charge in [0.05, 0.1) is 12.5 Å². The molecule has 2 N–H and O–H groups in total. The normalized spacial score (nSPS) is 16.1. The van der Waals surface area contributed by atoms with Crippen LogP contribution in [0, 0.1) is 6.92 Å². The maximum absolute atomic E-state index is 13.1. The van der Waals surface area contributed by atoms with E-state index in [-0.39, 0.29) is 5.91 Å². The van der Waals surface area contributed by atoms with E-state index in [0.717, 1.165) is 31.2 Å². The molecule has 6 heteroatoms. The monoisotopic (exact) mass is 340 g/mol. The average molecular weight is 340 g/mol. The zero-order chi connectivity index (χ0) is 17.7. The van der Waals surface area contributed by atoms with Crippen LogP contribution in [0.15, 0.2) is 36.5 Å². The lowest BCUT2D eigenvalue weighted by molar-refractivity contribution is -0.127. The van der Waals surface area contributed by atoms with Gasteiger partial charge in [0.25, 0.3) is 0 Å². The highest BCUT2D eigenvalue weighted by atomic mass is 16.5. The minimum Gasteiger partial charge on any atom is -0.481 e. The number of hydrazine groups is 1. The van der Waals surface area contributed by atoms with Gasteiger partial charge in [0, 0.05) is 12.3 Å². The second-order valence-corrected chi connectivity index (χ2v) is 6.51.